The molecule has 2 aromatic rings. The molecule has 0 N–H and O–H groups in total. The van der Waals surface area contributed by atoms with Gasteiger partial charge in [-0.05, 0) is 42.5 Å². The minimum atomic E-state index is -3.96. The Labute approximate surface area is 196 Å². The van der Waals surface area contributed by atoms with E-state index in [1.807, 2.05) is 17.5 Å². The summed E-state index contributed by atoms with van der Waals surface area (Å²) in [5.41, 5.74) is 0. The van der Waals surface area contributed by atoms with E-state index in [1.165, 1.54) is 9.18 Å². The van der Waals surface area contributed by atoms with Crippen LogP contribution in [-0.4, -0.2) is 80.4 Å². The van der Waals surface area contributed by atoms with E-state index >= 15 is 0 Å². The van der Waals surface area contributed by atoms with E-state index in [1.54, 1.807) is 16.2 Å². The molecule has 3 heterocycles. The standard InChI is InChI=1S/C22H27F2N3O4S2/c23-20-6-5-19(13-21(20)24)33(29,30)27-9-7-26(8-10-27)22(28)16-25(14-17-3-1-11-31-17)15-18-4-2-12-32-18/h2,4-6,12-13,17H,1,3,7-11,14-16H2. The molecular weight excluding hydrogens is 472 g/mol. The molecule has 0 radical (unpaired) electrons. The number of hydrogen-bond donors (Lipinski definition) is 0. The summed E-state index contributed by atoms with van der Waals surface area (Å²) in [4.78, 5) is 17.6. The van der Waals surface area contributed by atoms with Gasteiger partial charge in [-0.2, -0.15) is 4.31 Å². The molecule has 0 saturated carbocycles. The number of rotatable bonds is 8. The highest BCUT2D eigenvalue weighted by Gasteiger charge is 2.31. The van der Waals surface area contributed by atoms with E-state index in [0.717, 1.165) is 31.6 Å². The number of hydrogen-bond acceptors (Lipinski definition) is 6. The lowest BCUT2D eigenvalue weighted by Crippen LogP contribution is -2.52. The van der Waals surface area contributed by atoms with Crippen LogP contribution in [0.25, 0.3) is 0 Å². The van der Waals surface area contributed by atoms with E-state index in [9.17, 15) is 22.0 Å². The third kappa shape index (κ3) is 5.96. The molecule has 1 unspecified atom stereocenters. The van der Waals surface area contributed by atoms with Crippen molar-refractivity contribution in [3.05, 3.63) is 52.2 Å². The predicted octanol–water partition coefficient (Wildman–Crippen LogP) is 2.54. The Bertz CT molecular complexity index is 1050. The molecule has 180 valence electrons. The average Bonchev–Trinajstić information content (AvgIpc) is 3.50. The summed E-state index contributed by atoms with van der Waals surface area (Å²) >= 11 is 1.64. The predicted molar refractivity (Wildman–Crippen MR) is 120 cm³/mol. The van der Waals surface area contributed by atoms with Crippen LogP contribution in [-0.2, 0) is 26.1 Å². The van der Waals surface area contributed by atoms with Gasteiger partial charge in [-0.15, -0.1) is 11.3 Å². The number of amides is 1. The van der Waals surface area contributed by atoms with Gasteiger partial charge in [0, 0.05) is 50.8 Å². The van der Waals surface area contributed by atoms with Crippen molar-refractivity contribution in [2.75, 3.05) is 45.9 Å². The fraction of sp³-hybridized carbons (Fsp3) is 0.500. The van der Waals surface area contributed by atoms with E-state index in [-0.39, 0.29) is 49.6 Å². The number of ether oxygens (including phenoxy) is 1. The second-order valence-corrected chi connectivity index (χ2v) is 11.2. The maximum atomic E-state index is 13.5. The van der Waals surface area contributed by atoms with Crippen molar-refractivity contribution < 1.29 is 26.7 Å². The van der Waals surface area contributed by atoms with Crippen LogP contribution >= 0.6 is 11.3 Å². The van der Waals surface area contributed by atoms with Crippen molar-refractivity contribution in [3.63, 3.8) is 0 Å². The summed E-state index contributed by atoms with van der Waals surface area (Å²) < 4.78 is 59.2. The minimum Gasteiger partial charge on any atom is -0.377 e. The fourth-order valence-electron chi connectivity index (χ4n) is 4.14. The lowest BCUT2D eigenvalue weighted by molar-refractivity contribution is -0.134. The number of nitrogens with zero attached hydrogens (tertiary/aromatic N) is 3. The van der Waals surface area contributed by atoms with Crippen molar-refractivity contribution in [3.8, 4) is 0 Å². The van der Waals surface area contributed by atoms with Crippen LogP contribution < -0.4 is 0 Å². The largest absolute Gasteiger partial charge is 0.377 e. The van der Waals surface area contributed by atoms with Crippen molar-refractivity contribution in [2.24, 2.45) is 0 Å². The first-order valence-corrected chi connectivity index (χ1v) is 13.2. The number of benzene rings is 1. The number of carbonyl (C=O) groups excluding carboxylic acids is 1. The molecule has 0 spiro atoms. The molecule has 1 amide bonds. The zero-order chi connectivity index (χ0) is 23.4. The second kappa shape index (κ2) is 10.6. The maximum Gasteiger partial charge on any atom is 0.243 e. The Balaban J connectivity index is 1.35. The monoisotopic (exact) mass is 499 g/mol. The van der Waals surface area contributed by atoms with Gasteiger partial charge in [-0.25, -0.2) is 17.2 Å². The van der Waals surface area contributed by atoms with Crippen LogP contribution in [0.5, 0.6) is 0 Å². The zero-order valence-corrected chi connectivity index (χ0v) is 19.8. The fourth-order valence-corrected chi connectivity index (χ4v) is 6.32. The van der Waals surface area contributed by atoms with Crippen molar-refractivity contribution >= 4 is 27.3 Å². The number of carbonyl (C=O) groups is 1. The van der Waals surface area contributed by atoms with E-state index in [2.05, 4.69) is 4.90 Å². The first-order valence-electron chi connectivity index (χ1n) is 10.9. The molecule has 33 heavy (non-hydrogen) atoms. The summed E-state index contributed by atoms with van der Waals surface area (Å²) in [7, 11) is -3.96. The second-order valence-electron chi connectivity index (χ2n) is 8.24. The molecule has 1 aromatic heterocycles. The van der Waals surface area contributed by atoms with Crippen molar-refractivity contribution in [1.82, 2.24) is 14.1 Å². The van der Waals surface area contributed by atoms with E-state index in [0.29, 0.717) is 19.2 Å². The molecule has 2 aliphatic heterocycles. The van der Waals surface area contributed by atoms with Gasteiger partial charge in [0.1, 0.15) is 0 Å². The van der Waals surface area contributed by atoms with Gasteiger partial charge in [0.15, 0.2) is 11.6 Å². The van der Waals surface area contributed by atoms with Gasteiger partial charge < -0.3 is 9.64 Å². The van der Waals surface area contributed by atoms with Crippen LogP contribution in [0.15, 0.2) is 40.6 Å². The average molecular weight is 500 g/mol. The molecule has 7 nitrogen and oxygen atoms in total. The first kappa shape index (κ1) is 24.2. The summed E-state index contributed by atoms with van der Waals surface area (Å²) in [6.45, 7) is 3.01. The SMILES string of the molecule is O=C(CN(Cc1cccs1)CC1CCCO1)N1CCN(S(=O)(=O)c2ccc(F)c(F)c2)CC1. The van der Waals surface area contributed by atoms with Crippen LogP contribution in [0.3, 0.4) is 0 Å². The minimum absolute atomic E-state index is 0.0607. The normalized spacial score (nSPS) is 20.0. The molecule has 2 aliphatic rings. The molecule has 11 heteroatoms. The van der Waals surface area contributed by atoms with Crippen LogP contribution in [0.2, 0.25) is 0 Å². The van der Waals surface area contributed by atoms with Gasteiger partial charge in [0.25, 0.3) is 0 Å². The summed E-state index contributed by atoms with van der Waals surface area (Å²) in [5, 5.41) is 2.01. The van der Waals surface area contributed by atoms with Gasteiger partial charge in [0.05, 0.1) is 17.5 Å². The molecule has 0 bridgehead atoms. The number of sulfonamides is 1. The number of halogens is 2. The molecular formula is C22H27F2N3O4S2. The maximum absolute atomic E-state index is 13.5. The molecule has 1 aromatic carbocycles. The van der Waals surface area contributed by atoms with Gasteiger partial charge in [-0.1, -0.05) is 6.07 Å². The Morgan fingerprint density at radius 3 is 2.58 bits per heavy atom. The van der Waals surface area contributed by atoms with Gasteiger partial charge in [-0.3, -0.25) is 9.69 Å². The molecule has 4 rings (SSSR count). The molecule has 2 saturated heterocycles. The Morgan fingerprint density at radius 1 is 1.15 bits per heavy atom. The number of thiophene rings is 1. The zero-order valence-electron chi connectivity index (χ0n) is 18.2. The Kier molecular flexibility index (Phi) is 7.75. The van der Waals surface area contributed by atoms with Crippen LogP contribution in [0.1, 0.15) is 17.7 Å². The summed E-state index contributed by atoms with van der Waals surface area (Å²) in [6, 6.07) is 6.57. The van der Waals surface area contributed by atoms with Crippen LogP contribution in [0.4, 0.5) is 8.78 Å². The smallest absolute Gasteiger partial charge is 0.243 e. The summed E-state index contributed by atoms with van der Waals surface area (Å²) in [6.07, 6.45) is 2.13. The third-order valence-corrected chi connectivity index (χ3v) is 8.68. The lowest BCUT2D eigenvalue weighted by Gasteiger charge is -2.35. The highest BCUT2D eigenvalue weighted by molar-refractivity contribution is 7.89. The molecule has 0 aliphatic carbocycles. The quantitative estimate of drug-likeness (QED) is 0.558. The van der Waals surface area contributed by atoms with Crippen molar-refractivity contribution in [1.29, 1.82) is 0 Å². The summed E-state index contributed by atoms with van der Waals surface area (Å²) in [5.74, 6) is -2.36. The van der Waals surface area contributed by atoms with Crippen LogP contribution in [0, 0.1) is 11.6 Å². The van der Waals surface area contributed by atoms with Crippen molar-refractivity contribution in [2.45, 2.75) is 30.4 Å². The van der Waals surface area contributed by atoms with E-state index in [4.69, 9.17) is 4.74 Å². The first-order chi connectivity index (χ1) is 15.8. The van der Waals surface area contributed by atoms with Gasteiger partial charge >= 0.3 is 0 Å². The highest BCUT2D eigenvalue weighted by Crippen LogP contribution is 2.21. The third-order valence-electron chi connectivity index (χ3n) is 5.92. The topological polar surface area (TPSA) is 70.2 Å². The Morgan fingerprint density at radius 2 is 1.94 bits per heavy atom. The highest BCUT2D eigenvalue weighted by atomic mass is 32.2. The molecule has 2 fully saturated rings. The lowest BCUT2D eigenvalue weighted by atomic mass is 10.2. The number of piperazine rings is 1. The van der Waals surface area contributed by atoms with E-state index < -0.39 is 21.7 Å². The molecule has 1 atom stereocenters. The Hall–Kier alpha value is -1.92. The van der Waals surface area contributed by atoms with Gasteiger partial charge in [0.2, 0.25) is 15.9 Å².